The minimum atomic E-state index is 0.731. The number of allylic oxidation sites excluding steroid dienone is 2. The smallest absolute Gasteiger partial charge is 0.0263 e. The van der Waals surface area contributed by atoms with E-state index in [0.717, 1.165) is 5.92 Å². The van der Waals surface area contributed by atoms with Crippen LogP contribution in [0.25, 0.3) is 0 Å². The quantitative estimate of drug-likeness (QED) is 0.482. The topological polar surface area (TPSA) is 0 Å². The third-order valence-corrected chi connectivity index (χ3v) is 1.44. The molecule has 0 aliphatic heterocycles. The molecule has 8 heavy (non-hydrogen) atoms. The molecule has 0 aromatic heterocycles. The maximum Gasteiger partial charge on any atom is -0.0263 e. The van der Waals surface area contributed by atoms with E-state index in [1.165, 1.54) is 12.0 Å². The van der Waals surface area contributed by atoms with Crippen molar-refractivity contribution < 1.29 is 0 Å². The van der Waals surface area contributed by atoms with Crippen LogP contribution in [0.3, 0.4) is 0 Å². The van der Waals surface area contributed by atoms with E-state index in [9.17, 15) is 0 Å². The van der Waals surface area contributed by atoms with Crippen molar-refractivity contribution in [2.75, 3.05) is 0 Å². The summed E-state index contributed by atoms with van der Waals surface area (Å²) in [6, 6.07) is 0. The molecule has 0 aliphatic carbocycles. The highest BCUT2D eigenvalue weighted by Crippen LogP contribution is 2.07. The predicted molar refractivity (Wildman–Crippen MR) is 38.9 cm³/mol. The summed E-state index contributed by atoms with van der Waals surface area (Å²) in [6.45, 7) is 8.81. The van der Waals surface area contributed by atoms with E-state index in [-0.39, 0.29) is 0 Å². The van der Waals surface area contributed by atoms with Crippen molar-refractivity contribution in [1.82, 2.24) is 0 Å². The lowest BCUT2D eigenvalue weighted by molar-refractivity contribution is 0.763. The molecule has 0 unspecified atom stereocenters. The average molecular weight is 112 g/mol. The van der Waals surface area contributed by atoms with Crippen molar-refractivity contribution in [2.45, 2.75) is 34.1 Å². The van der Waals surface area contributed by atoms with Gasteiger partial charge in [0.1, 0.15) is 0 Å². The molecule has 0 N–H and O–H groups in total. The minimum Gasteiger partial charge on any atom is -0.0856 e. The minimum absolute atomic E-state index is 0.731. The van der Waals surface area contributed by atoms with Gasteiger partial charge >= 0.3 is 0 Å². The van der Waals surface area contributed by atoms with Crippen LogP contribution in [0.4, 0.5) is 0 Å². The van der Waals surface area contributed by atoms with Gasteiger partial charge < -0.3 is 0 Å². The molecular formula is C8H16. The van der Waals surface area contributed by atoms with Crippen molar-refractivity contribution >= 4 is 0 Å². The first kappa shape index (κ1) is 7.74. The summed E-state index contributed by atoms with van der Waals surface area (Å²) in [7, 11) is 0. The van der Waals surface area contributed by atoms with Crippen LogP contribution >= 0.6 is 0 Å². The summed E-state index contributed by atoms with van der Waals surface area (Å²) in [5.74, 6) is 0.731. The Bertz CT molecular complexity index is 78.0. The number of hydrogen-bond acceptors (Lipinski definition) is 0. The summed E-state index contributed by atoms with van der Waals surface area (Å²) in [4.78, 5) is 0. The van der Waals surface area contributed by atoms with E-state index in [2.05, 4.69) is 33.8 Å². The van der Waals surface area contributed by atoms with Crippen LogP contribution in [-0.2, 0) is 0 Å². The van der Waals surface area contributed by atoms with Gasteiger partial charge in [-0.3, -0.25) is 0 Å². The molecule has 0 atom stereocenters. The van der Waals surface area contributed by atoms with Crippen LogP contribution < -0.4 is 0 Å². The Balaban J connectivity index is 3.61. The zero-order chi connectivity index (χ0) is 6.57. The molecule has 0 aliphatic rings. The molecule has 0 radical (unpaired) electrons. The van der Waals surface area contributed by atoms with E-state index in [4.69, 9.17) is 0 Å². The summed E-state index contributed by atoms with van der Waals surface area (Å²) >= 11 is 0. The maximum atomic E-state index is 2.28. The lowest BCUT2D eigenvalue weighted by atomic mass is 10.0. The Kier molecular flexibility index (Phi) is 3.59. The number of hydrogen-bond donors (Lipinski definition) is 0. The van der Waals surface area contributed by atoms with Gasteiger partial charge in [-0.15, -0.1) is 0 Å². The Morgan fingerprint density at radius 3 is 2.12 bits per heavy atom. The molecular weight excluding hydrogens is 96.1 g/mol. The highest BCUT2D eigenvalue weighted by molar-refractivity contribution is 4.99. The molecule has 0 spiro atoms. The molecule has 0 aromatic rings. The standard InChI is InChI=1S/C8H16/c1-5-6-8(4)7(2)3/h6-7H,5H2,1-4H3. The third-order valence-electron chi connectivity index (χ3n) is 1.44. The predicted octanol–water partition coefficient (Wildman–Crippen LogP) is 3.00. The number of rotatable bonds is 2. The Labute approximate surface area is 52.6 Å². The Morgan fingerprint density at radius 2 is 2.00 bits per heavy atom. The monoisotopic (exact) mass is 112 g/mol. The Hall–Kier alpha value is -0.260. The van der Waals surface area contributed by atoms with Gasteiger partial charge in [-0.25, -0.2) is 0 Å². The lowest BCUT2D eigenvalue weighted by Gasteiger charge is -2.01. The lowest BCUT2D eigenvalue weighted by Crippen LogP contribution is -1.86. The first-order valence-corrected chi connectivity index (χ1v) is 3.35. The fourth-order valence-electron chi connectivity index (χ4n) is 0.558. The van der Waals surface area contributed by atoms with Gasteiger partial charge in [0.05, 0.1) is 0 Å². The molecule has 0 saturated carbocycles. The zero-order valence-electron chi connectivity index (χ0n) is 6.36. The van der Waals surface area contributed by atoms with Gasteiger partial charge in [0.2, 0.25) is 0 Å². The van der Waals surface area contributed by atoms with Gasteiger partial charge in [0, 0.05) is 0 Å². The Morgan fingerprint density at radius 1 is 1.50 bits per heavy atom. The van der Waals surface area contributed by atoms with Crippen LogP contribution in [0.15, 0.2) is 11.6 Å². The van der Waals surface area contributed by atoms with Gasteiger partial charge in [-0.2, -0.15) is 0 Å². The molecule has 0 heterocycles. The van der Waals surface area contributed by atoms with Crippen molar-refractivity contribution in [3.63, 3.8) is 0 Å². The normalized spacial score (nSPS) is 12.9. The van der Waals surface area contributed by atoms with Gasteiger partial charge in [0.25, 0.3) is 0 Å². The molecule has 0 fully saturated rings. The fraction of sp³-hybridized carbons (Fsp3) is 0.750. The van der Waals surface area contributed by atoms with E-state index in [1.807, 2.05) is 0 Å². The second-order valence-electron chi connectivity index (χ2n) is 2.51. The maximum absolute atomic E-state index is 2.28. The zero-order valence-corrected chi connectivity index (χ0v) is 6.36. The van der Waals surface area contributed by atoms with Gasteiger partial charge in [-0.1, -0.05) is 32.4 Å². The van der Waals surface area contributed by atoms with Crippen molar-refractivity contribution in [2.24, 2.45) is 5.92 Å². The first-order valence-electron chi connectivity index (χ1n) is 3.35. The molecule has 0 aromatic carbocycles. The first-order chi connectivity index (χ1) is 3.68. The highest BCUT2D eigenvalue weighted by Gasteiger charge is 1.91. The van der Waals surface area contributed by atoms with Gasteiger partial charge in [0.15, 0.2) is 0 Å². The van der Waals surface area contributed by atoms with Gasteiger partial charge in [-0.05, 0) is 19.3 Å². The second kappa shape index (κ2) is 3.71. The average Bonchev–Trinajstić information content (AvgIpc) is 1.67. The molecule has 0 saturated heterocycles. The molecule has 0 heteroatoms. The van der Waals surface area contributed by atoms with E-state index < -0.39 is 0 Å². The molecule has 48 valence electrons. The van der Waals surface area contributed by atoms with Crippen molar-refractivity contribution in [3.8, 4) is 0 Å². The molecule has 0 nitrogen and oxygen atoms in total. The molecule has 0 bridgehead atoms. The summed E-state index contributed by atoms with van der Waals surface area (Å²) in [5, 5.41) is 0. The fourth-order valence-corrected chi connectivity index (χ4v) is 0.558. The van der Waals surface area contributed by atoms with E-state index in [1.54, 1.807) is 0 Å². The van der Waals surface area contributed by atoms with E-state index in [0.29, 0.717) is 0 Å². The van der Waals surface area contributed by atoms with Crippen molar-refractivity contribution in [3.05, 3.63) is 11.6 Å². The molecule has 0 amide bonds. The van der Waals surface area contributed by atoms with Crippen LogP contribution in [0.5, 0.6) is 0 Å². The second-order valence-corrected chi connectivity index (χ2v) is 2.51. The van der Waals surface area contributed by atoms with Crippen molar-refractivity contribution in [1.29, 1.82) is 0 Å². The third kappa shape index (κ3) is 2.84. The van der Waals surface area contributed by atoms with Crippen LogP contribution in [-0.4, -0.2) is 0 Å². The largest absolute Gasteiger partial charge is 0.0856 e. The summed E-state index contributed by atoms with van der Waals surface area (Å²) in [6.07, 6.45) is 3.45. The summed E-state index contributed by atoms with van der Waals surface area (Å²) < 4.78 is 0. The van der Waals surface area contributed by atoms with Crippen LogP contribution in [0.1, 0.15) is 34.1 Å². The highest BCUT2D eigenvalue weighted by atomic mass is 14.0. The molecule has 0 rings (SSSR count). The summed E-state index contributed by atoms with van der Waals surface area (Å²) in [5.41, 5.74) is 1.51. The van der Waals surface area contributed by atoms with E-state index >= 15 is 0 Å². The van der Waals surface area contributed by atoms with Crippen LogP contribution in [0.2, 0.25) is 0 Å². The SMILES string of the molecule is CCC=C(C)C(C)C. The van der Waals surface area contributed by atoms with Crippen LogP contribution in [0, 0.1) is 5.92 Å².